The molecule has 0 aromatic heterocycles. The van der Waals surface area contributed by atoms with Crippen LogP contribution in [-0.2, 0) is 17.1 Å². The van der Waals surface area contributed by atoms with Crippen molar-refractivity contribution in [3.05, 3.63) is 0 Å². The van der Waals surface area contributed by atoms with Crippen LogP contribution in [0, 0.1) is 0 Å². The van der Waals surface area contributed by atoms with E-state index in [1.807, 2.05) is 0 Å². The Bertz CT molecular complexity index is 215. The molecular formula is C14H30MnN4. The molecular weight excluding hydrogens is 279 g/mol. The van der Waals surface area contributed by atoms with Gasteiger partial charge in [-0.25, -0.2) is 0 Å². The molecule has 5 heteroatoms. The molecule has 0 aromatic carbocycles. The maximum absolute atomic E-state index is 2.66. The van der Waals surface area contributed by atoms with Crippen molar-refractivity contribution < 1.29 is 17.1 Å². The van der Waals surface area contributed by atoms with Crippen molar-refractivity contribution in [3.63, 3.8) is 0 Å². The summed E-state index contributed by atoms with van der Waals surface area (Å²) < 4.78 is 0. The molecule has 2 aliphatic heterocycles. The van der Waals surface area contributed by atoms with Crippen LogP contribution in [0.25, 0.3) is 0 Å². The van der Waals surface area contributed by atoms with Gasteiger partial charge in [-0.15, -0.1) is 0 Å². The fourth-order valence-corrected chi connectivity index (χ4v) is 2.93. The van der Waals surface area contributed by atoms with Crippen molar-refractivity contribution in [1.82, 2.24) is 19.6 Å². The van der Waals surface area contributed by atoms with Crippen molar-refractivity contribution in [3.8, 4) is 0 Å². The van der Waals surface area contributed by atoms with Crippen molar-refractivity contribution in [2.45, 2.75) is 12.8 Å². The van der Waals surface area contributed by atoms with Gasteiger partial charge in [-0.3, -0.25) is 0 Å². The molecule has 2 bridgehead atoms. The van der Waals surface area contributed by atoms with Crippen LogP contribution < -0.4 is 0 Å². The van der Waals surface area contributed by atoms with Crippen LogP contribution in [0.2, 0.25) is 0 Å². The van der Waals surface area contributed by atoms with Crippen molar-refractivity contribution >= 4 is 0 Å². The Balaban J connectivity index is 0.00000180. The van der Waals surface area contributed by atoms with Gasteiger partial charge < -0.3 is 19.6 Å². The van der Waals surface area contributed by atoms with E-state index in [-0.39, 0.29) is 17.1 Å². The first-order valence-corrected chi connectivity index (χ1v) is 7.56. The van der Waals surface area contributed by atoms with Gasteiger partial charge in [0.1, 0.15) is 0 Å². The van der Waals surface area contributed by atoms with E-state index in [0.29, 0.717) is 0 Å². The molecule has 0 amide bonds. The van der Waals surface area contributed by atoms with Crippen LogP contribution >= 0.6 is 0 Å². The molecule has 2 heterocycles. The van der Waals surface area contributed by atoms with Gasteiger partial charge in [-0.05, 0) is 53.1 Å². The molecule has 0 spiro atoms. The van der Waals surface area contributed by atoms with E-state index in [4.69, 9.17) is 0 Å². The average Bonchev–Trinajstić information content (AvgIpc) is 2.37. The van der Waals surface area contributed by atoms with Gasteiger partial charge in [0.05, 0.1) is 0 Å². The summed E-state index contributed by atoms with van der Waals surface area (Å²) in [6.45, 7) is 12.5. The molecule has 0 aromatic rings. The first kappa shape index (κ1) is 17.4. The van der Waals surface area contributed by atoms with Gasteiger partial charge in [-0.2, -0.15) is 0 Å². The third-order valence-corrected chi connectivity index (χ3v) is 4.36. The predicted octanol–water partition coefficient (Wildman–Crippen LogP) is 0.259. The van der Waals surface area contributed by atoms with E-state index in [2.05, 4.69) is 33.7 Å². The van der Waals surface area contributed by atoms with Crippen LogP contribution in [0.5, 0.6) is 0 Å². The van der Waals surface area contributed by atoms with E-state index >= 15 is 0 Å². The molecule has 2 saturated heterocycles. The second kappa shape index (κ2) is 9.32. The Morgan fingerprint density at radius 2 is 0.842 bits per heavy atom. The minimum Gasteiger partial charge on any atom is -0.305 e. The van der Waals surface area contributed by atoms with Gasteiger partial charge in [-0.1, -0.05) is 0 Å². The Labute approximate surface area is 129 Å². The Morgan fingerprint density at radius 1 is 0.474 bits per heavy atom. The summed E-state index contributed by atoms with van der Waals surface area (Å²) in [4.78, 5) is 10.3. The van der Waals surface area contributed by atoms with Crippen LogP contribution in [0.15, 0.2) is 0 Å². The fraction of sp³-hybridized carbons (Fsp3) is 1.00. The number of likely N-dealkylation sites (N-methyl/N-ethyl adjacent to an activating group) is 2. The molecule has 19 heavy (non-hydrogen) atoms. The summed E-state index contributed by atoms with van der Waals surface area (Å²) in [7, 11) is 4.54. The molecule has 2 atom stereocenters. The molecule has 2 fully saturated rings. The summed E-state index contributed by atoms with van der Waals surface area (Å²) in [6, 6.07) is 0. The van der Waals surface area contributed by atoms with Crippen LogP contribution in [0.4, 0.5) is 0 Å². The molecule has 2 unspecified atom stereocenters. The number of nitrogens with zero attached hydrogens (tertiary/aromatic N) is 4. The van der Waals surface area contributed by atoms with E-state index in [1.54, 1.807) is 0 Å². The van der Waals surface area contributed by atoms with E-state index in [9.17, 15) is 0 Å². The van der Waals surface area contributed by atoms with Crippen molar-refractivity contribution in [2.75, 3.05) is 79.5 Å². The number of rotatable bonds is 0. The molecule has 2 rings (SSSR count). The zero-order chi connectivity index (χ0) is 12.8. The smallest absolute Gasteiger partial charge is 0.0110 e. The summed E-state index contributed by atoms with van der Waals surface area (Å²) in [5.74, 6) is 0. The van der Waals surface area contributed by atoms with Crippen molar-refractivity contribution in [1.29, 1.82) is 0 Å². The first-order chi connectivity index (χ1) is 8.74. The monoisotopic (exact) mass is 309 g/mol. The van der Waals surface area contributed by atoms with Gasteiger partial charge in [0.15, 0.2) is 0 Å². The normalized spacial score (nSPS) is 32.5. The van der Waals surface area contributed by atoms with Crippen LogP contribution in [-0.4, -0.2) is 99.1 Å². The van der Waals surface area contributed by atoms with Gasteiger partial charge in [0, 0.05) is 56.3 Å². The van der Waals surface area contributed by atoms with E-state index < -0.39 is 0 Å². The predicted molar refractivity (Wildman–Crippen MR) is 77.1 cm³/mol. The minimum atomic E-state index is 0. The van der Waals surface area contributed by atoms with Gasteiger partial charge in [0.2, 0.25) is 0 Å². The minimum absolute atomic E-state index is 0. The fourth-order valence-electron chi connectivity index (χ4n) is 2.93. The quantitative estimate of drug-likeness (QED) is 0.595. The molecule has 0 aliphatic carbocycles. The SMILES string of the molecule is CN1CCCN2CCN(C)CCCN(CC1)CC2.[Mn]. The van der Waals surface area contributed by atoms with Gasteiger partial charge >= 0.3 is 0 Å². The van der Waals surface area contributed by atoms with Crippen LogP contribution in [0.1, 0.15) is 12.8 Å². The Morgan fingerprint density at radius 3 is 1.26 bits per heavy atom. The van der Waals surface area contributed by atoms with E-state index in [1.165, 1.54) is 78.3 Å². The Hall–Kier alpha value is 0.359. The summed E-state index contributed by atoms with van der Waals surface area (Å²) in [5, 5.41) is 0. The van der Waals surface area contributed by atoms with E-state index in [0.717, 1.165) is 0 Å². The number of hydrogen-bond acceptors (Lipinski definition) is 4. The molecule has 0 N–H and O–H groups in total. The van der Waals surface area contributed by atoms with Crippen LogP contribution in [0.3, 0.4) is 0 Å². The zero-order valence-electron chi connectivity index (χ0n) is 12.7. The Kier molecular flexibility index (Phi) is 8.54. The maximum atomic E-state index is 2.66. The molecule has 2 aliphatic rings. The maximum Gasteiger partial charge on any atom is 0.0110 e. The molecule has 0 saturated carbocycles. The molecule has 4 nitrogen and oxygen atoms in total. The summed E-state index contributed by atoms with van der Waals surface area (Å²) >= 11 is 0. The second-order valence-electron chi connectivity index (χ2n) is 6.00. The number of hydrogen-bond donors (Lipinski definition) is 0. The second-order valence-corrected chi connectivity index (χ2v) is 6.00. The first-order valence-electron chi connectivity index (χ1n) is 7.56. The zero-order valence-corrected chi connectivity index (χ0v) is 13.8. The summed E-state index contributed by atoms with van der Waals surface area (Å²) in [5.41, 5.74) is 0. The largest absolute Gasteiger partial charge is 0.305 e. The third kappa shape index (κ3) is 6.56. The van der Waals surface area contributed by atoms with Crippen molar-refractivity contribution in [2.24, 2.45) is 0 Å². The molecule has 113 valence electrons. The standard InChI is InChI=1S/C14H30N4.Mn/c1-15-5-3-7-18-12-10-16(2)6-4-8-17(11-9-15)13-14-18;/h3-14H2,1-2H3;. The number of fused-ring (bicyclic) bond motifs is 3. The topological polar surface area (TPSA) is 13.0 Å². The third-order valence-electron chi connectivity index (χ3n) is 4.36. The summed E-state index contributed by atoms with van der Waals surface area (Å²) in [6.07, 6.45) is 2.64. The molecule has 1 radical (unpaired) electrons. The van der Waals surface area contributed by atoms with Gasteiger partial charge in [0.25, 0.3) is 0 Å². The average molecular weight is 309 g/mol.